The van der Waals surface area contributed by atoms with Gasteiger partial charge >= 0.3 is 5.97 Å². The van der Waals surface area contributed by atoms with E-state index in [-0.39, 0.29) is 23.9 Å². The third kappa shape index (κ3) is 8.23. The molecule has 0 fully saturated rings. The van der Waals surface area contributed by atoms with E-state index >= 15 is 0 Å². The average molecular weight is 353 g/mol. The van der Waals surface area contributed by atoms with Crippen molar-refractivity contribution >= 4 is 23.3 Å². The van der Waals surface area contributed by atoms with Crippen LogP contribution in [0.2, 0.25) is 0 Å². The highest BCUT2D eigenvalue weighted by atomic mass is 16.6. The number of aliphatic carboxylic acids is 1. The molecule has 25 heavy (non-hydrogen) atoms. The maximum Gasteiger partial charge on any atom is 0.321 e. The van der Waals surface area contributed by atoms with Crippen molar-refractivity contribution in [1.29, 1.82) is 0 Å². The minimum atomic E-state index is -1.14. The van der Waals surface area contributed by atoms with E-state index in [2.05, 4.69) is 10.6 Å². The second kappa shape index (κ2) is 10.4. The molecule has 1 atom stereocenters. The zero-order valence-electron chi connectivity index (χ0n) is 14.2. The van der Waals surface area contributed by atoms with E-state index in [4.69, 9.17) is 4.74 Å². The van der Waals surface area contributed by atoms with Crippen molar-refractivity contribution < 1.29 is 24.4 Å². The number of nitro groups is 1. The number of carbonyl (C=O) groups is 2. The minimum Gasteiger partial charge on any atom is -0.480 e. The highest BCUT2D eigenvalue weighted by molar-refractivity contribution is 5.94. The van der Waals surface area contributed by atoms with Crippen molar-refractivity contribution in [2.45, 2.75) is 38.8 Å². The average Bonchev–Trinajstić information content (AvgIpc) is 2.53. The van der Waals surface area contributed by atoms with Gasteiger partial charge in [-0.05, 0) is 32.9 Å². The van der Waals surface area contributed by atoms with Crippen LogP contribution in [0.1, 0.15) is 26.7 Å². The van der Waals surface area contributed by atoms with Gasteiger partial charge in [-0.2, -0.15) is 0 Å². The topological polar surface area (TPSA) is 131 Å². The molecule has 0 heterocycles. The number of carboxylic acid groups (broad SMARTS) is 1. The summed E-state index contributed by atoms with van der Waals surface area (Å²) in [6, 6.07) is 4.41. The molecule has 0 radical (unpaired) electrons. The smallest absolute Gasteiger partial charge is 0.321 e. The summed E-state index contributed by atoms with van der Waals surface area (Å²) in [5.74, 6) is -1.68. The standard InChI is InChI=1S/C16H23N3O6/c1-11(2)25-8-4-7-17-14(16(21)22)10-15(20)18-12-5-3-6-13(9-12)19(23)24/h3,5-6,9,11,14,17H,4,7-8,10H2,1-2H3,(H,18,20)(H,21,22)/t14-/m1/s1. The predicted octanol–water partition coefficient (Wildman–Crippen LogP) is 1.78. The van der Waals surface area contributed by atoms with Gasteiger partial charge in [0.2, 0.25) is 5.91 Å². The fourth-order valence-electron chi connectivity index (χ4n) is 2.01. The summed E-state index contributed by atoms with van der Waals surface area (Å²) in [6.45, 7) is 4.71. The van der Waals surface area contributed by atoms with Gasteiger partial charge < -0.3 is 20.5 Å². The minimum absolute atomic E-state index is 0.107. The molecular weight excluding hydrogens is 330 g/mol. The molecule has 0 aliphatic carbocycles. The summed E-state index contributed by atoms with van der Waals surface area (Å²) in [6.07, 6.45) is 0.438. The monoisotopic (exact) mass is 353 g/mol. The molecule has 0 unspecified atom stereocenters. The first-order valence-corrected chi connectivity index (χ1v) is 7.91. The third-order valence-corrected chi connectivity index (χ3v) is 3.19. The quantitative estimate of drug-likeness (QED) is 0.314. The zero-order chi connectivity index (χ0) is 18.8. The molecule has 1 rings (SSSR count). The summed E-state index contributed by atoms with van der Waals surface area (Å²) >= 11 is 0. The maximum absolute atomic E-state index is 12.0. The number of nitrogens with one attached hydrogen (secondary N) is 2. The lowest BCUT2D eigenvalue weighted by Crippen LogP contribution is -2.40. The van der Waals surface area contributed by atoms with Gasteiger partial charge in [-0.25, -0.2) is 0 Å². The van der Waals surface area contributed by atoms with E-state index in [1.165, 1.54) is 24.3 Å². The Kier molecular flexibility index (Phi) is 8.51. The summed E-state index contributed by atoms with van der Waals surface area (Å²) < 4.78 is 5.35. The Morgan fingerprint density at radius 1 is 1.36 bits per heavy atom. The van der Waals surface area contributed by atoms with Crippen molar-refractivity contribution in [3.8, 4) is 0 Å². The van der Waals surface area contributed by atoms with Crippen molar-refractivity contribution in [3.63, 3.8) is 0 Å². The Bertz CT molecular complexity index is 605. The molecule has 3 N–H and O–H groups in total. The SMILES string of the molecule is CC(C)OCCCN[C@H](CC(=O)Nc1cccc([N+](=O)[O-])c1)C(=O)O. The van der Waals surface area contributed by atoms with Gasteiger partial charge in [0.15, 0.2) is 0 Å². The molecule has 0 saturated heterocycles. The predicted molar refractivity (Wildman–Crippen MR) is 91.5 cm³/mol. The summed E-state index contributed by atoms with van der Waals surface area (Å²) in [5, 5.41) is 25.2. The van der Waals surface area contributed by atoms with Crippen LogP contribution in [-0.4, -0.2) is 47.2 Å². The van der Waals surface area contributed by atoms with E-state index in [1.54, 1.807) is 0 Å². The molecule has 1 amide bonds. The lowest BCUT2D eigenvalue weighted by molar-refractivity contribution is -0.384. The molecule has 9 nitrogen and oxygen atoms in total. The number of hydrogen-bond acceptors (Lipinski definition) is 6. The van der Waals surface area contributed by atoms with Gasteiger partial charge in [-0.1, -0.05) is 6.07 Å². The number of rotatable bonds is 11. The molecule has 0 spiro atoms. The van der Waals surface area contributed by atoms with Gasteiger partial charge in [0.25, 0.3) is 5.69 Å². The van der Waals surface area contributed by atoms with Gasteiger partial charge in [-0.3, -0.25) is 19.7 Å². The number of nitrogens with zero attached hydrogens (tertiary/aromatic N) is 1. The lowest BCUT2D eigenvalue weighted by atomic mass is 10.2. The van der Waals surface area contributed by atoms with Crippen LogP contribution >= 0.6 is 0 Å². The van der Waals surface area contributed by atoms with Crippen LogP contribution in [0.25, 0.3) is 0 Å². The van der Waals surface area contributed by atoms with Gasteiger partial charge in [0.1, 0.15) is 6.04 Å². The van der Waals surface area contributed by atoms with Crippen LogP contribution in [0.5, 0.6) is 0 Å². The fourth-order valence-corrected chi connectivity index (χ4v) is 2.01. The van der Waals surface area contributed by atoms with Crippen LogP contribution < -0.4 is 10.6 Å². The number of carboxylic acids is 1. The van der Waals surface area contributed by atoms with Crippen LogP contribution in [-0.2, 0) is 14.3 Å². The Balaban J connectivity index is 2.49. The molecule has 0 aromatic heterocycles. The summed E-state index contributed by atoms with van der Waals surface area (Å²) in [4.78, 5) is 33.4. The number of ether oxygens (including phenoxy) is 1. The van der Waals surface area contributed by atoms with Crippen molar-refractivity contribution in [2.24, 2.45) is 0 Å². The number of carbonyl (C=O) groups excluding carboxylic acids is 1. The van der Waals surface area contributed by atoms with Crippen LogP contribution in [0.4, 0.5) is 11.4 Å². The van der Waals surface area contributed by atoms with E-state index in [0.717, 1.165) is 0 Å². The Labute approximate surface area is 145 Å². The zero-order valence-corrected chi connectivity index (χ0v) is 14.2. The molecule has 1 aromatic carbocycles. The number of amides is 1. The fraction of sp³-hybridized carbons (Fsp3) is 0.500. The van der Waals surface area contributed by atoms with E-state index in [1.807, 2.05) is 13.8 Å². The molecule has 0 bridgehead atoms. The molecule has 1 aromatic rings. The van der Waals surface area contributed by atoms with E-state index in [0.29, 0.717) is 19.6 Å². The van der Waals surface area contributed by atoms with Gasteiger partial charge in [-0.15, -0.1) is 0 Å². The number of nitro benzene ring substituents is 1. The lowest BCUT2D eigenvalue weighted by Gasteiger charge is -2.15. The van der Waals surface area contributed by atoms with Gasteiger partial charge in [0, 0.05) is 24.4 Å². The molecule has 0 aliphatic rings. The largest absolute Gasteiger partial charge is 0.480 e. The van der Waals surface area contributed by atoms with Crippen molar-refractivity contribution in [2.75, 3.05) is 18.5 Å². The Morgan fingerprint density at radius 3 is 2.68 bits per heavy atom. The number of non-ortho nitro benzene ring substituents is 1. The normalized spacial score (nSPS) is 12.0. The second-order valence-electron chi connectivity index (χ2n) is 5.68. The highest BCUT2D eigenvalue weighted by Crippen LogP contribution is 2.17. The molecule has 0 saturated carbocycles. The first kappa shape index (κ1) is 20.5. The summed E-state index contributed by atoms with van der Waals surface area (Å²) in [5.41, 5.74) is 0.0875. The van der Waals surface area contributed by atoms with Crippen LogP contribution in [0, 0.1) is 10.1 Å². The van der Waals surface area contributed by atoms with Crippen molar-refractivity contribution in [1.82, 2.24) is 5.32 Å². The third-order valence-electron chi connectivity index (χ3n) is 3.19. The highest BCUT2D eigenvalue weighted by Gasteiger charge is 2.20. The second-order valence-corrected chi connectivity index (χ2v) is 5.68. The van der Waals surface area contributed by atoms with Crippen LogP contribution in [0.15, 0.2) is 24.3 Å². The van der Waals surface area contributed by atoms with Crippen molar-refractivity contribution in [3.05, 3.63) is 34.4 Å². The first-order valence-electron chi connectivity index (χ1n) is 7.91. The molecule has 0 aliphatic heterocycles. The maximum atomic E-state index is 12.0. The molecule has 9 heteroatoms. The summed E-state index contributed by atoms with van der Waals surface area (Å²) in [7, 11) is 0. The van der Waals surface area contributed by atoms with Crippen LogP contribution in [0.3, 0.4) is 0 Å². The Morgan fingerprint density at radius 2 is 2.08 bits per heavy atom. The first-order chi connectivity index (χ1) is 11.8. The number of benzene rings is 1. The van der Waals surface area contributed by atoms with E-state index in [9.17, 15) is 24.8 Å². The van der Waals surface area contributed by atoms with Gasteiger partial charge in [0.05, 0.1) is 17.4 Å². The van der Waals surface area contributed by atoms with E-state index < -0.39 is 22.8 Å². The molecule has 138 valence electrons. The molecular formula is C16H23N3O6. The number of hydrogen-bond donors (Lipinski definition) is 3. The Hall–Kier alpha value is -2.52. The number of anilines is 1.